The molecule has 0 aromatic heterocycles. The minimum Gasteiger partial charge on any atom is -0.550 e. The number of carbonyl (C=O) groups is 1. The van der Waals surface area contributed by atoms with Crippen LogP contribution in [0.4, 0.5) is 0 Å². The highest BCUT2D eigenvalue weighted by atomic mass is 32.2. The summed E-state index contributed by atoms with van der Waals surface area (Å²) in [4.78, 5) is 10.7. The van der Waals surface area contributed by atoms with E-state index in [2.05, 4.69) is 12.1 Å². The fraction of sp³-hybridized carbons (Fsp3) is 0.462. The van der Waals surface area contributed by atoms with Crippen LogP contribution in [-0.4, -0.2) is 12.1 Å². The Labute approximate surface area is 107 Å². The topological polar surface area (TPSA) is 49.4 Å². The third-order valence-corrected chi connectivity index (χ3v) is 2.62. The van der Waals surface area contributed by atoms with Crippen LogP contribution in [0.25, 0.3) is 0 Å². The van der Waals surface area contributed by atoms with Crippen LogP contribution in [0.5, 0.6) is 0 Å². The van der Waals surface area contributed by atoms with E-state index in [-0.39, 0.29) is 6.42 Å². The molecule has 0 atom stereocenters. The normalized spacial score (nSPS) is 9.65. The smallest absolute Gasteiger partial charge is 0.187 e. The molecule has 0 aliphatic carbocycles. The van der Waals surface area contributed by atoms with Crippen LogP contribution in [0.15, 0.2) is 35.2 Å². The van der Waals surface area contributed by atoms with E-state index in [1.165, 1.54) is 4.90 Å². The van der Waals surface area contributed by atoms with Gasteiger partial charge in [0.1, 0.15) is 6.10 Å². The maximum absolute atomic E-state index is 9.49. The number of aliphatic carboxylic acids is 1. The molecule has 96 valence electrons. The number of carbonyl (C=O) groups excluding carboxylic acids is 1. The molecule has 4 heteroatoms. The summed E-state index contributed by atoms with van der Waals surface area (Å²) in [5.74, 6) is -0.961. The molecular formula is C13H20O3S. The third kappa shape index (κ3) is 11.3. The second-order valence-corrected chi connectivity index (χ2v) is 4.61. The van der Waals surface area contributed by atoms with E-state index in [1.54, 1.807) is 6.92 Å². The minimum atomic E-state index is -0.961. The molecule has 0 N–H and O–H groups in total. The van der Waals surface area contributed by atoms with Crippen LogP contribution in [0, 0.1) is 0 Å². The molecule has 0 aliphatic rings. The van der Waals surface area contributed by atoms with Crippen molar-refractivity contribution in [2.45, 2.75) is 44.6 Å². The van der Waals surface area contributed by atoms with Gasteiger partial charge in [0, 0.05) is 5.97 Å². The van der Waals surface area contributed by atoms with Crippen LogP contribution in [-0.2, 0) is 21.0 Å². The van der Waals surface area contributed by atoms with Crippen LogP contribution in [0.1, 0.15) is 33.6 Å². The van der Waals surface area contributed by atoms with Crippen molar-refractivity contribution in [2.75, 3.05) is 0 Å². The molecule has 0 bridgehead atoms. The zero-order valence-electron chi connectivity index (χ0n) is 10.6. The van der Waals surface area contributed by atoms with E-state index >= 15 is 0 Å². The summed E-state index contributed by atoms with van der Waals surface area (Å²) < 4.78 is 5.40. The molecule has 0 saturated heterocycles. The highest BCUT2D eigenvalue weighted by molar-refractivity contribution is 7.73. The number of carboxylic acid groups (broad SMARTS) is 1. The molecule has 0 fully saturated rings. The van der Waals surface area contributed by atoms with E-state index < -0.39 is 5.97 Å². The Balaban J connectivity index is 0.000000366. The van der Waals surface area contributed by atoms with Gasteiger partial charge in [0.05, 0.1) is 0 Å². The summed E-state index contributed by atoms with van der Waals surface area (Å²) in [6.45, 7) is 5.88. The Morgan fingerprint density at radius 1 is 1.35 bits per heavy atom. The third-order valence-electron chi connectivity index (χ3n) is 1.58. The monoisotopic (exact) mass is 256 g/mol. The lowest BCUT2D eigenvalue weighted by atomic mass is 10.4. The highest BCUT2D eigenvalue weighted by Crippen LogP contribution is 2.04. The summed E-state index contributed by atoms with van der Waals surface area (Å²) in [6.07, 6.45) is 1.15. The minimum absolute atomic E-state index is 0.181. The van der Waals surface area contributed by atoms with Gasteiger partial charge in [-0.1, -0.05) is 31.5 Å². The predicted molar refractivity (Wildman–Crippen MR) is 69.6 cm³/mol. The summed E-state index contributed by atoms with van der Waals surface area (Å²) >= 11 is 0.957. The molecule has 0 amide bonds. The average Bonchev–Trinajstić information content (AvgIpc) is 2.28. The molecule has 0 heterocycles. The average molecular weight is 256 g/mol. The molecule has 1 aromatic carbocycles. The van der Waals surface area contributed by atoms with Gasteiger partial charge in [-0.3, -0.25) is 0 Å². The van der Waals surface area contributed by atoms with Crippen LogP contribution >= 0.6 is 0 Å². The standard InChI is InChI=1S/C9H12OS.C4H8O2/c1-8(2)10-11-9-6-4-3-5-7-9;1-2-3-4(5)6/h3-8H,1-2H3;2-3H2,1H3,(H,5,6). The molecule has 0 saturated carbocycles. The van der Waals surface area contributed by atoms with Crippen molar-refractivity contribution in [3.8, 4) is 0 Å². The molecule has 3 nitrogen and oxygen atoms in total. The lowest BCUT2D eigenvalue weighted by molar-refractivity contribution is -0.305. The summed E-state index contributed by atoms with van der Waals surface area (Å²) in [6, 6.07) is 10.2. The Bertz CT molecular complexity index is 299. The molecular weight excluding hydrogens is 236 g/mol. The maximum Gasteiger partial charge on any atom is 0.187 e. The molecule has 0 aliphatic heterocycles. The van der Waals surface area contributed by atoms with E-state index in [1.807, 2.05) is 32.0 Å². The molecule has 1 rings (SSSR count). The van der Waals surface area contributed by atoms with Crippen LogP contribution < -0.4 is 5.11 Å². The summed E-state index contributed by atoms with van der Waals surface area (Å²) in [7, 11) is 0. The number of benzene rings is 1. The largest absolute Gasteiger partial charge is 0.550 e. The van der Waals surface area contributed by atoms with E-state index in [4.69, 9.17) is 4.18 Å². The quantitative estimate of drug-likeness (QED) is 0.595. The fourth-order valence-electron chi connectivity index (χ4n) is 0.859. The number of hydrogen-bond acceptors (Lipinski definition) is 3. The second-order valence-electron chi connectivity index (χ2n) is 3.70. The fourth-order valence-corrected chi connectivity index (χ4v) is 1.49. The molecule has 1 aromatic rings. The maximum atomic E-state index is 9.49. The SMILES string of the molecule is CC(C)O[SH+]c1ccccc1.CCCC(=O)[O-]. The van der Waals surface area contributed by atoms with Crippen LogP contribution in [0.2, 0.25) is 0 Å². The zero-order chi connectivity index (χ0) is 13.1. The van der Waals surface area contributed by atoms with Gasteiger partial charge in [-0.2, -0.15) is 4.18 Å². The first-order chi connectivity index (χ1) is 8.06. The highest BCUT2D eigenvalue weighted by Gasteiger charge is 2.04. The van der Waals surface area contributed by atoms with E-state index in [0.717, 1.165) is 12.0 Å². The van der Waals surface area contributed by atoms with Gasteiger partial charge in [0.15, 0.2) is 16.9 Å². The Kier molecular flexibility index (Phi) is 9.57. The summed E-state index contributed by atoms with van der Waals surface area (Å²) in [5, 5.41) is 9.49. The second kappa shape index (κ2) is 10.2. The van der Waals surface area contributed by atoms with Gasteiger partial charge in [-0.15, -0.1) is 0 Å². The van der Waals surface area contributed by atoms with Crippen molar-refractivity contribution in [2.24, 2.45) is 0 Å². The van der Waals surface area contributed by atoms with E-state index in [9.17, 15) is 9.90 Å². The van der Waals surface area contributed by atoms with Crippen molar-refractivity contribution < 1.29 is 14.1 Å². The Morgan fingerprint density at radius 3 is 2.29 bits per heavy atom. The van der Waals surface area contributed by atoms with Crippen molar-refractivity contribution in [1.29, 1.82) is 0 Å². The number of thiol groups is 1. The Morgan fingerprint density at radius 2 is 1.94 bits per heavy atom. The first-order valence-electron chi connectivity index (χ1n) is 5.68. The number of hydrogen-bond donors (Lipinski definition) is 0. The lowest BCUT2D eigenvalue weighted by Crippen LogP contribution is -2.20. The first-order valence-corrected chi connectivity index (χ1v) is 6.49. The van der Waals surface area contributed by atoms with E-state index in [0.29, 0.717) is 12.5 Å². The van der Waals surface area contributed by atoms with Gasteiger partial charge in [-0.25, -0.2) is 0 Å². The van der Waals surface area contributed by atoms with Crippen molar-refractivity contribution in [3.63, 3.8) is 0 Å². The van der Waals surface area contributed by atoms with Crippen molar-refractivity contribution in [3.05, 3.63) is 30.3 Å². The molecule has 0 radical (unpaired) electrons. The first kappa shape index (κ1) is 16.0. The van der Waals surface area contributed by atoms with Crippen molar-refractivity contribution >= 4 is 18.0 Å². The van der Waals surface area contributed by atoms with Gasteiger partial charge >= 0.3 is 0 Å². The van der Waals surface area contributed by atoms with Crippen molar-refractivity contribution in [1.82, 2.24) is 0 Å². The van der Waals surface area contributed by atoms with Gasteiger partial charge in [0.2, 0.25) is 0 Å². The van der Waals surface area contributed by atoms with Crippen LogP contribution in [0.3, 0.4) is 0 Å². The van der Waals surface area contributed by atoms with Gasteiger partial charge in [-0.05, 0) is 32.4 Å². The molecule has 17 heavy (non-hydrogen) atoms. The lowest BCUT2D eigenvalue weighted by Gasteiger charge is -1.95. The van der Waals surface area contributed by atoms with Gasteiger partial charge < -0.3 is 9.90 Å². The molecule has 0 spiro atoms. The molecule has 0 unspecified atom stereocenters. The number of rotatable bonds is 5. The Hall–Kier alpha value is -1.00. The zero-order valence-corrected chi connectivity index (χ0v) is 11.4. The van der Waals surface area contributed by atoms with Gasteiger partial charge in [0.25, 0.3) is 0 Å². The summed E-state index contributed by atoms with van der Waals surface area (Å²) in [5.41, 5.74) is 0. The number of carboxylic acids is 1. The predicted octanol–water partition coefficient (Wildman–Crippen LogP) is 1.74.